The lowest BCUT2D eigenvalue weighted by molar-refractivity contribution is 0.109. The van der Waals surface area contributed by atoms with Crippen molar-refractivity contribution in [1.29, 1.82) is 0 Å². The van der Waals surface area contributed by atoms with Crippen LogP contribution in [0.1, 0.15) is 35.5 Å². The van der Waals surface area contributed by atoms with Crippen LogP contribution in [0, 0.1) is 0 Å². The van der Waals surface area contributed by atoms with E-state index >= 15 is 0 Å². The van der Waals surface area contributed by atoms with Gasteiger partial charge in [-0.05, 0) is 37.0 Å². The fourth-order valence-electron chi connectivity index (χ4n) is 2.73. The highest BCUT2D eigenvalue weighted by Gasteiger charge is 2.19. The first-order valence-corrected chi connectivity index (χ1v) is 6.95. The summed E-state index contributed by atoms with van der Waals surface area (Å²) in [6.07, 6.45) is 3.36. The molecule has 1 aliphatic rings. The zero-order valence-electron chi connectivity index (χ0n) is 11.8. The second-order valence-corrected chi connectivity index (χ2v) is 5.52. The largest absolute Gasteiger partial charge is 0.353 e. The quantitative estimate of drug-likeness (QED) is 0.804. The van der Waals surface area contributed by atoms with Crippen LogP contribution in [0.3, 0.4) is 0 Å². The zero-order chi connectivity index (χ0) is 14.1. The summed E-state index contributed by atoms with van der Waals surface area (Å²) < 4.78 is 4.93. The highest BCUT2D eigenvalue weighted by atomic mass is 16.5. The molecule has 0 aliphatic carbocycles. The number of benzene rings is 1. The van der Waals surface area contributed by atoms with Gasteiger partial charge >= 0.3 is 0 Å². The normalized spacial score (nSPS) is 15.3. The molecule has 0 unspecified atom stereocenters. The van der Waals surface area contributed by atoms with Crippen LogP contribution in [0.15, 0.2) is 28.9 Å². The molecule has 2 aromatic rings. The Hall–Kier alpha value is -1.94. The first-order valence-electron chi connectivity index (χ1n) is 6.95. The smallest absolute Gasteiger partial charge is 0.207 e. The van der Waals surface area contributed by atoms with Gasteiger partial charge in [0.05, 0.1) is 11.8 Å². The molecule has 0 N–H and O–H groups in total. The third-order valence-electron chi connectivity index (χ3n) is 3.99. The maximum absolute atomic E-state index is 10.9. The van der Waals surface area contributed by atoms with E-state index in [1.54, 1.807) is 6.20 Å². The zero-order valence-corrected chi connectivity index (χ0v) is 11.8. The number of aldehydes is 1. The Morgan fingerprint density at radius 2 is 2.20 bits per heavy atom. The van der Waals surface area contributed by atoms with Crippen molar-refractivity contribution in [2.45, 2.75) is 32.9 Å². The minimum atomic E-state index is 0.296. The van der Waals surface area contributed by atoms with E-state index in [9.17, 15) is 4.79 Å². The SMILES string of the molecule is CC(C)N1CCc2cc(-c3cnoc3C=O)ccc2C1. The van der Waals surface area contributed by atoms with Gasteiger partial charge in [0.1, 0.15) is 0 Å². The minimum absolute atomic E-state index is 0.296. The van der Waals surface area contributed by atoms with Crippen molar-refractivity contribution in [3.05, 3.63) is 41.3 Å². The van der Waals surface area contributed by atoms with Crippen LogP contribution in [0.2, 0.25) is 0 Å². The predicted octanol–water partition coefficient (Wildman–Crippen LogP) is 2.92. The summed E-state index contributed by atoms with van der Waals surface area (Å²) in [5.74, 6) is 0.296. The molecule has 0 atom stereocenters. The molecule has 4 nitrogen and oxygen atoms in total. The third-order valence-corrected chi connectivity index (χ3v) is 3.99. The van der Waals surface area contributed by atoms with E-state index < -0.39 is 0 Å². The van der Waals surface area contributed by atoms with Crippen molar-refractivity contribution in [3.63, 3.8) is 0 Å². The van der Waals surface area contributed by atoms with Gasteiger partial charge in [-0.2, -0.15) is 0 Å². The van der Waals surface area contributed by atoms with Crippen LogP contribution in [-0.2, 0) is 13.0 Å². The Balaban J connectivity index is 1.93. The van der Waals surface area contributed by atoms with Crippen molar-refractivity contribution in [1.82, 2.24) is 10.1 Å². The average molecular weight is 270 g/mol. The monoisotopic (exact) mass is 270 g/mol. The molecule has 1 aromatic heterocycles. The lowest BCUT2D eigenvalue weighted by Crippen LogP contribution is -2.35. The number of carbonyl (C=O) groups excluding carboxylic acids is 1. The number of carbonyl (C=O) groups is 1. The van der Waals surface area contributed by atoms with E-state index in [1.165, 1.54) is 11.1 Å². The lowest BCUT2D eigenvalue weighted by Gasteiger charge is -2.32. The molecule has 0 saturated carbocycles. The molecule has 0 fully saturated rings. The molecule has 4 heteroatoms. The van der Waals surface area contributed by atoms with Crippen LogP contribution in [0.4, 0.5) is 0 Å². The summed E-state index contributed by atoms with van der Waals surface area (Å²) in [4.78, 5) is 13.4. The first kappa shape index (κ1) is 13.1. The van der Waals surface area contributed by atoms with Gasteiger partial charge in [-0.25, -0.2) is 0 Å². The number of hydrogen-bond donors (Lipinski definition) is 0. The molecule has 3 rings (SSSR count). The summed E-state index contributed by atoms with van der Waals surface area (Å²) in [5, 5.41) is 3.70. The van der Waals surface area contributed by atoms with Gasteiger partial charge in [-0.1, -0.05) is 23.4 Å². The predicted molar refractivity (Wildman–Crippen MR) is 76.6 cm³/mol. The number of aromatic nitrogens is 1. The van der Waals surface area contributed by atoms with Crippen molar-refractivity contribution in [3.8, 4) is 11.1 Å². The number of rotatable bonds is 3. The Morgan fingerprint density at radius 1 is 1.35 bits per heavy atom. The van der Waals surface area contributed by atoms with Crippen molar-refractivity contribution in [2.75, 3.05) is 6.54 Å². The molecule has 1 aliphatic heterocycles. The summed E-state index contributed by atoms with van der Waals surface area (Å²) >= 11 is 0. The molecule has 2 heterocycles. The Bertz CT molecular complexity index is 631. The van der Waals surface area contributed by atoms with E-state index in [-0.39, 0.29) is 0 Å². The summed E-state index contributed by atoms with van der Waals surface area (Å²) in [6.45, 7) is 6.54. The van der Waals surface area contributed by atoms with Gasteiger partial charge in [0.15, 0.2) is 6.29 Å². The molecule has 104 valence electrons. The first-order chi connectivity index (χ1) is 9.69. The van der Waals surface area contributed by atoms with Crippen LogP contribution in [-0.4, -0.2) is 28.9 Å². The molecular weight excluding hydrogens is 252 g/mol. The lowest BCUT2D eigenvalue weighted by atomic mass is 9.94. The fourth-order valence-corrected chi connectivity index (χ4v) is 2.73. The molecule has 0 radical (unpaired) electrons. The van der Waals surface area contributed by atoms with Crippen molar-refractivity contribution < 1.29 is 9.32 Å². The minimum Gasteiger partial charge on any atom is -0.353 e. The highest BCUT2D eigenvalue weighted by Crippen LogP contribution is 2.28. The second-order valence-electron chi connectivity index (χ2n) is 5.52. The standard InChI is InChI=1S/C16H18N2O2/c1-11(2)18-6-5-12-7-13(3-4-14(12)9-18)15-8-17-20-16(15)10-19/h3-4,7-8,10-11H,5-6,9H2,1-2H3. The van der Waals surface area contributed by atoms with E-state index in [0.717, 1.165) is 30.6 Å². The Labute approximate surface area is 118 Å². The Kier molecular flexibility index (Phi) is 3.40. The molecule has 0 spiro atoms. The summed E-state index contributed by atoms with van der Waals surface area (Å²) in [7, 11) is 0. The molecule has 20 heavy (non-hydrogen) atoms. The Morgan fingerprint density at radius 3 is 2.95 bits per heavy atom. The van der Waals surface area contributed by atoms with Crippen LogP contribution >= 0.6 is 0 Å². The van der Waals surface area contributed by atoms with Crippen LogP contribution in [0.5, 0.6) is 0 Å². The molecule has 1 aromatic carbocycles. The number of fused-ring (bicyclic) bond motifs is 1. The maximum atomic E-state index is 10.9. The van der Waals surface area contributed by atoms with E-state index in [2.05, 4.69) is 36.0 Å². The van der Waals surface area contributed by atoms with Gasteiger partial charge in [-0.3, -0.25) is 9.69 Å². The molecule has 0 bridgehead atoms. The van der Waals surface area contributed by atoms with E-state index in [4.69, 9.17) is 4.52 Å². The van der Waals surface area contributed by atoms with Gasteiger partial charge < -0.3 is 4.52 Å². The topological polar surface area (TPSA) is 46.3 Å². The summed E-state index contributed by atoms with van der Waals surface area (Å²) in [6, 6.07) is 6.93. The van der Waals surface area contributed by atoms with E-state index in [1.807, 2.05) is 6.07 Å². The maximum Gasteiger partial charge on any atom is 0.207 e. The molecule has 0 amide bonds. The average Bonchev–Trinajstić information content (AvgIpc) is 2.94. The van der Waals surface area contributed by atoms with Gasteiger partial charge in [0.25, 0.3) is 0 Å². The molecular formula is C16H18N2O2. The van der Waals surface area contributed by atoms with Crippen LogP contribution < -0.4 is 0 Å². The van der Waals surface area contributed by atoms with Gasteiger partial charge in [0, 0.05) is 19.1 Å². The van der Waals surface area contributed by atoms with Gasteiger partial charge in [-0.15, -0.1) is 0 Å². The number of hydrogen-bond acceptors (Lipinski definition) is 4. The molecule has 0 saturated heterocycles. The van der Waals surface area contributed by atoms with Crippen molar-refractivity contribution >= 4 is 6.29 Å². The second kappa shape index (κ2) is 5.21. The van der Waals surface area contributed by atoms with Gasteiger partial charge in [0.2, 0.25) is 5.76 Å². The highest BCUT2D eigenvalue weighted by molar-refractivity contribution is 5.83. The van der Waals surface area contributed by atoms with E-state index in [0.29, 0.717) is 18.1 Å². The summed E-state index contributed by atoms with van der Waals surface area (Å²) in [5.41, 5.74) is 4.51. The third kappa shape index (κ3) is 2.27. The van der Waals surface area contributed by atoms with Crippen LogP contribution in [0.25, 0.3) is 11.1 Å². The fraction of sp³-hybridized carbons (Fsp3) is 0.375. The number of nitrogens with zero attached hydrogens (tertiary/aromatic N) is 2. The van der Waals surface area contributed by atoms with Crippen molar-refractivity contribution in [2.24, 2.45) is 0 Å².